The van der Waals surface area contributed by atoms with Crippen molar-refractivity contribution in [1.82, 2.24) is 10.3 Å². The van der Waals surface area contributed by atoms with Gasteiger partial charge in [0, 0.05) is 12.2 Å². The molecule has 1 atom stereocenters. The van der Waals surface area contributed by atoms with Crippen LogP contribution in [0, 0.1) is 5.92 Å². The molecule has 1 aromatic heterocycles. The smallest absolute Gasteiger partial charge is 0.106 e. The number of halogens is 1. The van der Waals surface area contributed by atoms with Crippen LogP contribution in [0.4, 0.5) is 0 Å². The van der Waals surface area contributed by atoms with Gasteiger partial charge in [0.05, 0.1) is 0 Å². The zero-order valence-electron chi connectivity index (χ0n) is 8.62. The van der Waals surface area contributed by atoms with Crippen molar-refractivity contribution in [1.29, 1.82) is 0 Å². The monoisotopic (exact) mass is 269 g/mol. The molecule has 82 valence electrons. The first kappa shape index (κ1) is 11.0. The molecule has 1 fully saturated rings. The van der Waals surface area contributed by atoms with E-state index in [-0.39, 0.29) is 6.04 Å². The second-order valence-electron chi connectivity index (χ2n) is 4.03. The molecule has 0 unspecified atom stereocenters. The minimum absolute atomic E-state index is 0.132. The molecule has 0 radical (unpaired) electrons. The van der Waals surface area contributed by atoms with Gasteiger partial charge in [-0.05, 0) is 59.4 Å². The predicted octanol–water partition coefficient (Wildman–Crippen LogP) is 1.84. The van der Waals surface area contributed by atoms with Crippen molar-refractivity contribution in [2.45, 2.75) is 18.9 Å². The van der Waals surface area contributed by atoms with Crippen LogP contribution in [0.1, 0.15) is 24.4 Å². The number of nitrogens with one attached hydrogen (secondary N) is 1. The normalized spacial score (nSPS) is 20.1. The maximum absolute atomic E-state index is 6.24. The van der Waals surface area contributed by atoms with Gasteiger partial charge in [-0.1, -0.05) is 6.07 Å². The number of aromatic nitrogens is 1. The zero-order chi connectivity index (χ0) is 10.7. The molecule has 0 amide bonds. The highest BCUT2D eigenvalue weighted by atomic mass is 79.9. The second-order valence-corrected chi connectivity index (χ2v) is 4.84. The van der Waals surface area contributed by atoms with E-state index in [1.165, 1.54) is 0 Å². The Morgan fingerprint density at radius 2 is 2.13 bits per heavy atom. The summed E-state index contributed by atoms with van der Waals surface area (Å²) in [7, 11) is 0. The van der Waals surface area contributed by atoms with Crippen LogP contribution in [0.2, 0.25) is 0 Å². The number of pyridine rings is 1. The molecule has 4 heteroatoms. The quantitative estimate of drug-likeness (QED) is 0.806. The first-order valence-electron chi connectivity index (χ1n) is 5.35. The van der Waals surface area contributed by atoms with Gasteiger partial charge in [0.15, 0.2) is 0 Å². The fourth-order valence-electron chi connectivity index (χ4n) is 2.06. The Morgan fingerprint density at radius 3 is 2.73 bits per heavy atom. The predicted molar refractivity (Wildman–Crippen MR) is 64.5 cm³/mol. The maximum Gasteiger partial charge on any atom is 0.106 e. The molecule has 1 aliphatic rings. The van der Waals surface area contributed by atoms with Gasteiger partial charge in [-0.2, -0.15) is 0 Å². The average molecular weight is 270 g/mol. The summed E-state index contributed by atoms with van der Waals surface area (Å²) in [5.41, 5.74) is 7.38. The molecule has 0 saturated carbocycles. The van der Waals surface area contributed by atoms with Gasteiger partial charge in [-0.15, -0.1) is 0 Å². The summed E-state index contributed by atoms with van der Waals surface area (Å²) < 4.78 is 0.865. The third kappa shape index (κ3) is 2.77. The number of rotatable bonds is 2. The minimum atomic E-state index is 0.132. The van der Waals surface area contributed by atoms with Crippen molar-refractivity contribution >= 4 is 15.9 Å². The third-order valence-corrected chi connectivity index (χ3v) is 3.50. The van der Waals surface area contributed by atoms with Gasteiger partial charge in [-0.3, -0.25) is 0 Å². The number of nitrogens with two attached hydrogens (primary N) is 1. The highest BCUT2D eigenvalue weighted by Gasteiger charge is 2.21. The van der Waals surface area contributed by atoms with Crippen LogP contribution < -0.4 is 11.1 Å². The van der Waals surface area contributed by atoms with E-state index in [2.05, 4.69) is 32.3 Å². The van der Waals surface area contributed by atoms with Gasteiger partial charge in [0.1, 0.15) is 4.60 Å². The Hall–Kier alpha value is -0.450. The molecular formula is C11H16BrN3. The van der Waals surface area contributed by atoms with Gasteiger partial charge >= 0.3 is 0 Å². The molecule has 0 spiro atoms. The lowest BCUT2D eigenvalue weighted by Gasteiger charge is -2.28. The van der Waals surface area contributed by atoms with Crippen molar-refractivity contribution in [3.63, 3.8) is 0 Å². The molecular weight excluding hydrogens is 254 g/mol. The first-order valence-corrected chi connectivity index (χ1v) is 6.14. The molecule has 0 aliphatic carbocycles. The van der Waals surface area contributed by atoms with Crippen LogP contribution >= 0.6 is 15.9 Å². The summed E-state index contributed by atoms with van der Waals surface area (Å²) in [5, 5.41) is 3.35. The molecule has 0 aromatic carbocycles. The van der Waals surface area contributed by atoms with E-state index in [1.54, 1.807) is 0 Å². The van der Waals surface area contributed by atoms with Crippen LogP contribution in [0.3, 0.4) is 0 Å². The van der Waals surface area contributed by atoms with Crippen LogP contribution in [-0.2, 0) is 0 Å². The van der Waals surface area contributed by atoms with Gasteiger partial charge < -0.3 is 11.1 Å². The van der Waals surface area contributed by atoms with Crippen molar-refractivity contribution < 1.29 is 0 Å². The second kappa shape index (κ2) is 5.05. The fraction of sp³-hybridized carbons (Fsp3) is 0.545. The lowest BCUT2D eigenvalue weighted by Crippen LogP contribution is -2.33. The van der Waals surface area contributed by atoms with E-state index >= 15 is 0 Å². The van der Waals surface area contributed by atoms with E-state index < -0.39 is 0 Å². The SMILES string of the molecule is N[C@@H](c1ccc(Br)nc1)C1CCNCC1. The summed E-state index contributed by atoms with van der Waals surface area (Å²) in [4.78, 5) is 4.22. The molecule has 1 aliphatic heterocycles. The van der Waals surface area contributed by atoms with E-state index in [4.69, 9.17) is 5.73 Å². The van der Waals surface area contributed by atoms with Gasteiger partial charge in [0.25, 0.3) is 0 Å². The van der Waals surface area contributed by atoms with E-state index in [9.17, 15) is 0 Å². The number of piperidine rings is 1. The molecule has 1 aromatic rings. The molecule has 1 saturated heterocycles. The third-order valence-electron chi connectivity index (χ3n) is 3.03. The van der Waals surface area contributed by atoms with Crippen molar-refractivity contribution in [3.05, 3.63) is 28.5 Å². The Kier molecular flexibility index (Phi) is 3.72. The van der Waals surface area contributed by atoms with Crippen molar-refractivity contribution in [2.75, 3.05) is 13.1 Å². The first-order chi connectivity index (χ1) is 7.27. The number of nitrogens with zero attached hydrogens (tertiary/aromatic N) is 1. The molecule has 3 N–H and O–H groups in total. The Morgan fingerprint density at radius 1 is 1.40 bits per heavy atom. The van der Waals surface area contributed by atoms with Crippen LogP contribution in [-0.4, -0.2) is 18.1 Å². The molecule has 0 bridgehead atoms. The topological polar surface area (TPSA) is 50.9 Å². The number of hydrogen-bond donors (Lipinski definition) is 2. The van der Waals surface area contributed by atoms with E-state index in [0.717, 1.165) is 36.1 Å². The lowest BCUT2D eigenvalue weighted by atomic mass is 9.87. The van der Waals surface area contributed by atoms with Crippen molar-refractivity contribution in [2.24, 2.45) is 11.7 Å². The lowest BCUT2D eigenvalue weighted by molar-refractivity contribution is 0.321. The molecule has 3 nitrogen and oxygen atoms in total. The molecule has 2 heterocycles. The summed E-state index contributed by atoms with van der Waals surface area (Å²) in [5.74, 6) is 0.592. The van der Waals surface area contributed by atoms with Gasteiger partial charge in [-0.25, -0.2) is 4.98 Å². The summed E-state index contributed by atoms with van der Waals surface area (Å²) in [6.07, 6.45) is 4.20. The van der Waals surface area contributed by atoms with Crippen molar-refractivity contribution in [3.8, 4) is 0 Å². The maximum atomic E-state index is 6.24. The Labute approximate surface area is 98.6 Å². The Balaban J connectivity index is 2.05. The van der Waals surface area contributed by atoms with Crippen LogP contribution in [0.15, 0.2) is 22.9 Å². The van der Waals surface area contributed by atoms with E-state index in [1.807, 2.05) is 12.3 Å². The Bertz CT molecular complexity index is 306. The molecule has 2 rings (SSSR count). The number of hydrogen-bond acceptors (Lipinski definition) is 3. The van der Waals surface area contributed by atoms with Crippen LogP contribution in [0.5, 0.6) is 0 Å². The summed E-state index contributed by atoms with van der Waals surface area (Å²) in [6, 6.07) is 4.15. The largest absolute Gasteiger partial charge is 0.324 e. The fourth-order valence-corrected chi connectivity index (χ4v) is 2.29. The average Bonchev–Trinajstić information content (AvgIpc) is 2.30. The summed E-state index contributed by atoms with van der Waals surface area (Å²) >= 11 is 3.33. The van der Waals surface area contributed by atoms with Gasteiger partial charge in [0.2, 0.25) is 0 Å². The highest BCUT2D eigenvalue weighted by Crippen LogP contribution is 2.26. The standard InChI is InChI=1S/C11H16BrN3/c12-10-2-1-9(7-15-10)11(13)8-3-5-14-6-4-8/h1-2,7-8,11,14H,3-6,13H2/t11-/m1/s1. The highest BCUT2D eigenvalue weighted by molar-refractivity contribution is 9.10. The zero-order valence-corrected chi connectivity index (χ0v) is 10.2. The summed E-state index contributed by atoms with van der Waals surface area (Å²) in [6.45, 7) is 2.17. The minimum Gasteiger partial charge on any atom is -0.324 e. The van der Waals surface area contributed by atoms with Crippen LogP contribution in [0.25, 0.3) is 0 Å². The molecule has 15 heavy (non-hydrogen) atoms. The van der Waals surface area contributed by atoms with E-state index in [0.29, 0.717) is 5.92 Å².